The van der Waals surface area contributed by atoms with Crippen molar-refractivity contribution in [1.82, 2.24) is 25.7 Å². The second kappa shape index (κ2) is 7.98. The lowest BCUT2D eigenvalue weighted by atomic mass is 9.94. The highest BCUT2D eigenvalue weighted by Gasteiger charge is 2.22. The average Bonchev–Trinajstić information content (AvgIpc) is 3.03. The number of H-pyrrole nitrogens is 1. The Balaban J connectivity index is 1.33. The van der Waals surface area contributed by atoms with E-state index >= 15 is 0 Å². The van der Waals surface area contributed by atoms with Gasteiger partial charge in [0.15, 0.2) is 0 Å². The molecular weight excluding hydrogens is 306 g/mol. The van der Waals surface area contributed by atoms with Gasteiger partial charge < -0.3 is 20.6 Å². The summed E-state index contributed by atoms with van der Waals surface area (Å²) < 4.78 is 0. The molecule has 0 radical (unpaired) electrons. The number of fused-ring (bicyclic) bond motifs is 1. The summed E-state index contributed by atoms with van der Waals surface area (Å²) in [5.74, 6) is 0.786. The second-order valence-electron chi connectivity index (χ2n) is 7.30. The molecule has 1 aromatic rings. The number of carbonyl (C=O) groups excluding carboxylic acids is 1. The van der Waals surface area contributed by atoms with Crippen LogP contribution in [-0.4, -0.2) is 64.6 Å². The zero-order valence-electron chi connectivity index (χ0n) is 14.4. The number of carbonyl (C=O) groups is 1. The van der Waals surface area contributed by atoms with E-state index in [-0.39, 0.29) is 12.1 Å². The number of aliphatic hydroxyl groups excluding tert-OH is 1. The number of hydrogen-bond donors (Lipinski definition) is 4. The van der Waals surface area contributed by atoms with Crippen molar-refractivity contribution in [2.24, 2.45) is 5.92 Å². The van der Waals surface area contributed by atoms with Gasteiger partial charge in [-0.25, -0.2) is 4.79 Å². The molecule has 1 aromatic heterocycles. The molecule has 1 saturated heterocycles. The van der Waals surface area contributed by atoms with E-state index in [0.717, 1.165) is 38.3 Å². The lowest BCUT2D eigenvalue weighted by Gasteiger charge is -2.31. The van der Waals surface area contributed by atoms with Gasteiger partial charge in [0.05, 0.1) is 12.3 Å². The summed E-state index contributed by atoms with van der Waals surface area (Å²) in [7, 11) is 0. The Morgan fingerprint density at radius 1 is 1.46 bits per heavy atom. The molecule has 0 saturated carbocycles. The summed E-state index contributed by atoms with van der Waals surface area (Å²) in [6.45, 7) is 5.28. The monoisotopic (exact) mass is 335 g/mol. The van der Waals surface area contributed by atoms with E-state index in [1.165, 1.54) is 24.1 Å². The largest absolute Gasteiger partial charge is 0.390 e. The van der Waals surface area contributed by atoms with Gasteiger partial charge in [-0.3, -0.25) is 5.10 Å². The van der Waals surface area contributed by atoms with Gasteiger partial charge >= 0.3 is 6.03 Å². The maximum atomic E-state index is 12.0. The van der Waals surface area contributed by atoms with Crippen LogP contribution in [-0.2, 0) is 12.8 Å². The van der Waals surface area contributed by atoms with Crippen LogP contribution in [0.15, 0.2) is 6.20 Å². The van der Waals surface area contributed by atoms with Gasteiger partial charge in [-0.1, -0.05) is 6.92 Å². The topological polar surface area (TPSA) is 93.3 Å². The number of rotatable bonds is 5. The van der Waals surface area contributed by atoms with Crippen LogP contribution in [0.25, 0.3) is 0 Å². The van der Waals surface area contributed by atoms with Crippen LogP contribution < -0.4 is 10.6 Å². The van der Waals surface area contributed by atoms with Crippen LogP contribution in [0.1, 0.15) is 37.4 Å². The molecule has 1 fully saturated rings. The minimum atomic E-state index is -0.518. The van der Waals surface area contributed by atoms with Crippen molar-refractivity contribution in [2.75, 3.05) is 26.2 Å². The van der Waals surface area contributed by atoms with Gasteiger partial charge in [0.1, 0.15) is 0 Å². The first-order valence-corrected chi connectivity index (χ1v) is 9.06. The molecule has 7 nitrogen and oxygen atoms in total. The second-order valence-corrected chi connectivity index (χ2v) is 7.30. The Morgan fingerprint density at radius 2 is 2.25 bits per heavy atom. The average molecular weight is 335 g/mol. The third-order valence-electron chi connectivity index (χ3n) is 5.20. The number of urea groups is 1. The molecule has 1 aliphatic heterocycles. The Morgan fingerprint density at radius 3 is 3.04 bits per heavy atom. The minimum absolute atomic E-state index is 0.135. The van der Waals surface area contributed by atoms with E-state index in [4.69, 9.17) is 0 Å². The summed E-state index contributed by atoms with van der Waals surface area (Å²) in [6, 6.07) is -0.0610. The van der Waals surface area contributed by atoms with Crippen molar-refractivity contribution in [3.8, 4) is 0 Å². The maximum Gasteiger partial charge on any atom is 0.315 e. The highest BCUT2D eigenvalue weighted by atomic mass is 16.3. The van der Waals surface area contributed by atoms with Crippen molar-refractivity contribution < 1.29 is 9.90 Å². The molecule has 2 amide bonds. The summed E-state index contributed by atoms with van der Waals surface area (Å²) >= 11 is 0. The predicted molar refractivity (Wildman–Crippen MR) is 91.8 cm³/mol. The smallest absolute Gasteiger partial charge is 0.315 e. The van der Waals surface area contributed by atoms with Crippen molar-refractivity contribution in [3.05, 3.63) is 17.5 Å². The van der Waals surface area contributed by atoms with Crippen LogP contribution in [0.2, 0.25) is 0 Å². The molecule has 4 N–H and O–H groups in total. The molecule has 1 aliphatic carbocycles. The van der Waals surface area contributed by atoms with Gasteiger partial charge in [0.25, 0.3) is 0 Å². The van der Waals surface area contributed by atoms with Crippen molar-refractivity contribution in [3.63, 3.8) is 0 Å². The fraction of sp³-hybridized carbons (Fsp3) is 0.765. The fourth-order valence-corrected chi connectivity index (χ4v) is 3.59. The molecule has 134 valence electrons. The van der Waals surface area contributed by atoms with Gasteiger partial charge in [0, 0.05) is 24.8 Å². The SMILES string of the molecule is CC1CCN(CC(O)CNC(=O)NC2CCc3[nH]ncc3C2)CC1. The molecule has 0 bridgehead atoms. The van der Waals surface area contributed by atoms with Gasteiger partial charge in [-0.15, -0.1) is 0 Å². The first kappa shape index (κ1) is 17.2. The van der Waals surface area contributed by atoms with E-state index in [1.807, 2.05) is 6.20 Å². The fourth-order valence-electron chi connectivity index (χ4n) is 3.59. The third kappa shape index (κ3) is 4.70. The van der Waals surface area contributed by atoms with E-state index in [1.54, 1.807) is 0 Å². The number of aromatic amines is 1. The van der Waals surface area contributed by atoms with E-state index < -0.39 is 6.10 Å². The lowest BCUT2D eigenvalue weighted by Crippen LogP contribution is -2.48. The molecule has 24 heavy (non-hydrogen) atoms. The number of hydrogen-bond acceptors (Lipinski definition) is 4. The molecular formula is C17H29N5O2. The molecule has 0 spiro atoms. The van der Waals surface area contributed by atoms with E-state index in [2.05, 4.69) is 32.7 Å². The summed E-state index contributed by atoms with van der Waals surface area (Å²) in [5.41, 5.74) is 2.37. The maximum absolute atomic E-state index is 12.0. The van der Waals surface area contributed by atoms with Crippen LogP contribution >= 0.6 is 0 Å². The van der Waals surface area contributed by atoms with Crippen LogP contribution in [0.5, 0.6) is 0 Å². The number of aliphatic hydroxyl groups is 1. The number of piperidine rings is 1. The van der Waals surface area contributed by atoms with Crippen LogP contribution in [0, 0.1) is 5.92 Å². The number of nitrogens with zero attached hydrogens (tertiary/aromatic N) is 2. The Bertz CT molecular complexity index is 539. The lowest BCUT2D eigenvalue weighted by molar-refractivity contribution is 0.0919. The Hall–Kier alpha value is -1.60. The molecule has 2 unspecified atom stereocenters. The molecule has 2 atom stereocenters. The van der Waals surface area contributed by atoms with Gasteiger partial charge in [-0.05, 0) is 56.7 Å². The highest BCUT2D eigenvalue weighted by molar-refractivity contribution is 5.74. The van der Waals surface area contributed by atoms with Crippen molar-refractivity contribution in [1.29, 1.82) is 0 Å². The third-order valence-corrected chi connectivity index (χ3v) is 5.20. The highest BCUT2D eigenvalue weighted by Crippen LogP contribution is 2.18. The zero-order chi connectivity index (χ0) is 16.9. The predicted octanol–water partition coefficient (Wildman–Crippen LogP) is 0.659. The number of nitrogens with one attached hydrogen (secondary N) is 3. The summed E-state index contributed by atoms with van der Waals surface area (Å²) in [5, 5.41) is 23.0. The van der Waals surface area contributed by atoms with E-state index in [9.17, 15) is 9.90 Å². The first-order valence-electron chi connectivity index (χ1n) is 9.06. The number of amides is 2. The molecule has 2 heterocycles. The molecule has 2 aliphatic rings. The molecule has 0 aromatic carbocycles. The van der Waals surface area contributed by atoms with Crippen molar-refractivity contribution in [2.45, 2.75) is 51.2 Å². The quantitative estimate of drug-likeness (QED) is 0.636. The standard InChI is InChI=1S/C17H29N5O2/c1-12-4-6-22(7-5-12)11-15(23)10-18-17(24)20-14-2-3-16-13(8-14)9-19-21-16/h9,12,14-15,23H,2-8,10-11H2,1H3,(H,19,21)(H2,18,20,24). The summed E-state index contributed by atoms with van der Waals surface area (Å²) in [6.07, 6.45) is 6.35. The number of β-amino-alcohol motifs (C(OH)–C–C–N with tert-alkyl or cyclic N) is 1. The summed E-state index contributed by atoms with van der Waals surface area (Å²) in [4.78, 5) is 14.3. The van der Waals surface area contributed by atoms with Gasteiger partial charge in [0.2, 0.25) is 0 Å². The number of aromatic nitrogens is 2. The van der Waals surface area contributed by atoms with E-state index in [0.29, 0.717) is 13.1 Å². The normalized spacial score (nSPS) is 23.5. The van der Waals surface area contributed by atoms with Gasteiger partial charge in [-0.2, -0.15) is 5.10 Å². The molecule has 7 heteroatoms. The van der Waals surface area contributed by atoms with Crippen LogP contribution in [0.4, 0.5) is 4.79 Å². The Labute approximate surface area is 143 Å². The first-order chi connectivity index (χ1) is 11.6. The zero-order valence-corrected chi connectivity index (χ0v) is 14.4. The Kier molecular flexibility index (Phi) is 5.73. The number of aryl methyl sites for hydroxylation is 1. The minimum Gasteiger partial charge on any atom is -0.390 e. The molecule has 3 rings (SSSR count). The van der Waals surface area contributed by atoms with Crippen molar-refractivity contribution >= 4 is 6.03 Å². The number of likely N-dealkylation sites (tertiary alicyclic amines) is 1. The van der Waals surface area contributed by atoms with Crippen LogP contribution in [0.3, 0.4) is 0 Å².